The van der Waals surface area contributed by atoms with Crippen LogP contribution in [0.15, 0.2) is 52.2 Å². The van der Waals surface area contributed by atoms with Crippen molar-refractivity contribution in [3.63, 3.8) is 0 Å². The number of aromatic amines is 1. The molecule has 0 spiro atoms. The smallest absolute Gasteiger partial charge is 0.349 e. The van der Waals surface area contributed by atoms with Crippen LogP contribution in [0.5, 0.6) is 0 Å². The van der Waals surface area contributed by atoms with Gasteiger partial charge in [-0.2, -0.15) is 26.3 Å². The van der Waals surface area contributed by atoms with Crippen molar-refractivity contribution in [3.8, 4) is 0 Å². The van der Waals surface area contributed by atoms with E-state index in [1.807, 2.05) is 0 Å². The third-order valence-electron chi connectivity index (χ3n) is 6.21. The summed E-state index contributed by atoms with van der Waals surface area (Å²) >= 11 is 4.24. The molecule has 10 nitrogen and oxygen atoms in total. The number of nitrogens with one attached hydrogen (secondary N) is 1. The van der Waals surface area contributed by atoms with Crippen molar-refractivity contribution >= 4 is 20.4 Å². The minimum atomic E-state index is -5.04. The van der Waals surface area contributed by atoms with Crippen LogP contribution in [0.1, 0.15) is 47.1 Å². The molecular formula is C23H23F6N4O6PS. The van der Waals surface area contributed by atoms with Gasteiger partial charge in [-0.1, -0.05) is 12.1 Å². The van der Waals surface area contributed by atoms with E-state index >= 15 is 0 Å². The first-order chi connectivity index (χ1) is 18.9. The highest BCUT2D eigenvalue weighted by Gasteiger charge is 2.39. The van der Waals surface area contributed by atoms with E-state index in [4.69, 9.17) is 9.47 Å². The second-order valence-electron chi connectivity index (χ2n) is 9.14. The van der Waals surface area contributed by atoms with E-state index in [1.165, 1.54) is 6.92 Å². The average Bonchev–Trinajstić information content (AvgIpc) is 3.24. The maximum atomic E-state index is 13.4. The minimum Gasteiger partial charge on any atom is -0.349 e. The Morgan fingerprint density at radius 2 is 1.71 bits per heavy atom. The van der Waals surface area contributed by atoms with Gasteiger partial charge >= 0.3 is 25.8 Å². The molecule has 1 saturated heterocycles. The molecule has 4 rings (SSSR count). The molecule has 3 aromatic rings. The lowest BCUT2D eigenvalue weighted by atomic mass is 10.0. The third-order valence-corrected chi connectivity index (χ3v) is 7.27. The number of hydrogen-bond acceptors (Lipinski definition) is 7. The Bertz CT molecular complexity index is 1460. The van der Waals surface area contributed by atoms with Gasteiger partial charge in [-0.15, -0.1) is 22.2 Å². The van der Waals surface area contributed by atoms with E-state index in [0.29, 0.717) is 22.6 Å². The Morgan fingerprint density at radius 1 is 1.12 bits per heavy atom. The number of rotatable bonds is 7. The zero-order valence-electron chi connectivity index (χ0n) is 20.9. The van der Waals surface area contributed by atoms with E-state index in [1.54, 1.807) is 29.2 Å². The number of nitrogens with zero attached hydrogens (tertiary/aromatic N) is 3. The molecule has 0 saturated carbocycles. The van der Waals surface area contributed by atoms with Crippen LogP contribution in [0.4, 0.5) is 26.3 Å². The molecule has 1 fully saturated rings. The van der Waals surface area contributed by atoms with Crippen LogP contribution in [-0.4, -0.2) is 48.7 Å². The third kappa shape index (κ3) is 7.41. The number of halogens is 6. The van der Waals surface area contributed by atoms with E-state index < -0.39 is 55.4 Å². The maximum Gasteiger partial charge on any atom is 0.454 e. The summed E-state index contributed by atoms with van der Waals surface area (Å²) in [6.45, 7) is 1.30. The second kappa shape index (κ2) is 11.6. The van der Waals surface area contributed by atoms with Crippen molar-refractivity contribution in [1.29, 1.82) is 0 Å². The SMILES string of the molecule is C[C@@H](O[C@H]1OCCN(Cc2nn(P(=O)(O)O)c(=O)[nH]2)[C@H]1c1ccc(S)cc1)c1cc(C(F)(F)F)cc(C(F)(F)F)c1. The molecule has 2 heterocycles. The Balaban J connectivity index is 1.68. The fraction of sp³-hybridized carbons (Fsp3) is 0.391. The van der Waals surface area contributed by atoms with Crippen LogP contribution in [-0.2, 0) is 32.9 Å². The molecule has 224 valence electrons. The van der Waals surface area contributed by atoms with Crippen LogP contribution < -0.4 is 5.69 Å². The first-order valence-corrected chi connectivity index (χ1v) is 13.8. The number of aromatic nitrogens is 3. The van der Waals surface area contributed by atoms with Crippen LogP contribution in [0.2, 0.25) is 0 Å². The molecule has 1 aliphatic heterocycles. The normalized spacial score (nSPS) is 19.9. The Kier molecular flexibility index (Phi) is 8.81. The number of thiol groups is 1. The highest BCUT2D eigenvalue weighted by atomic mass is 32.1. The molecule has 3 atom stereocenters. The molecule has 0 radical (unpaired) electrons. The Morgan fingerprint density at radius 3 is 2.22 bits per heavy atom. The van der Waals surface area contributed by atoms with Gasteiger partial charge in [0.2, 0.25) is 0 Å². The molecule has 2 aromatic carbocycles. The van der Waals surface area contributed by atoms with Gasteiger partial charge in [0.05, 0.1) is 36.4 Å². The molecule has 0 bridgehead atoms. The molecule has 1 aromatic heterocycles. The monoisotopic (exact) mass is 628 g/mol. The predicted molar refractivity (Wildman–Crippen MR) is 133 cm³/mol. The van der Waals surface area contributed by atoms with E-state index in [9.17, 15) is 45.5 Å². The van der Waals surface area contributed by atoms with Gasteiger partial charge in [0, 0.05) is 11.4 Å². The zero-order valence-corrected chi connectivity index (χ0v) is 22.7. The summed E-state index contributed by atoms with van der Waals surface area (Å²) in [6.07, 6.45) is -12.6. The van der Waals surface area contributed by atoms with Gasteiger partial charge in [0.15, 0.2) is 6.29 Å². The predicted octanol–water partition coefficient (Wildman–Crippen LogP) is 4.52. The molecular weight excluding hydrogens is 605 g/mol. The molecule has 18 heteroatoms. The maximum absolute atomic E-state index is 13.4. The lowest BCUT2D eigenvalue weighted by molar-refractivity contribution is -0.231. The van der Waals surface area contributed by atoms with E-state index in [0.717, 1.165) is 0 Å². The lowest BCUT2D eigenvalue weighted by Crippen LogP contribution is -2.46. The fourth-order valence-corrected chi connectivity index (χ4v) is 4.97. The molecule has 0 unspecified atom stereocenters. The summed E-state index contributed by atoms with van der Waals surface area (Å²) in [4.78, 5) is 35.2. The van der Waals surface area contributed by atoms with E-state index in [-0.39, 0.29) is 41.6 Å². The van der Waals surface area contributed by atoms with Gasteiger partial charge in [-0.25, -0.2) is 9.36 Å². The highest BCUT2D eigenvalue weighted by Crippen LogP contribution is 2.40. The summed E-state index contributed by atoms with van der Waals surface area (Å²) in [5.74, 6) is -0.115. The summed E-state index contributed by atoms with van der Waals surface area (Å²) in [5.41, 5.74) is -3.97. The number of hydrogen-bond donors (Lipinski definition) is 4. The van der Waals surface area contributed by atoms with E-state index in [2.05, 4.69) is 22.7 Å². The number of alkyl halides is 6. The Hall–Kier alpha value is -2.66. The first-order valence-electron chi connectivity index (χ1n) is 11.8. The standard InChI is InChI=1S/C23H23F6N4O6PS/c1-12(14-8-15(22(24,25)26)10-16(9-14)23(27,28)29)39-20-19(13-2-4-17(41)5-3-13)32(6-7-38-20)11-18-30-21(34)33(31-18)40(35,36)37/h2-5,8-10,12,19-20,41H,6-7,11H2,1H3,(H,30,31,34)(H2,35,36,37)/t12-,19+,20-/m1/s1. The van der Waals surface area contributed by atoms with Crippen molar-refractivity contribution in [1.82, 2.24) is 19.4 Å². The molecule has 1 aliphatic rings. The van der Waals surface area contributed by atoms with Gasteiger partial charge in [-0.3, -0.25) is 9.88 Å². The summed E-state index contributed by atoms with van der Waals surface area (Å²) in [7, 11) is -5.04. The largest absolute Gasteiger partial charge is 0.454 e. The molecule has 0 aliphatic carbocycles. The zero-order chi connectivity index (χ0) is 30.3. The average molecular weight is 628 g/mol. The summed E-state index contributed by atoms with van der Waals surface area (Å²) < 4.78 is 104. The first kappa shape index (κ1) is 31.3. The number of benzene rings is 2. The van der Waals surface area contributed by atoms with Crippen molar-refractivity contribution in [2.45, 2.75) is 49.2 Å². The van der Waals surface area contributed by atoms with Gasteiger partial charge in [0.25, 0.3) is 0 Å². The number of ether oxygens (including phenoxy) is 2. The van der Waals surface area contributed by atoms with Crippen molar-refractivity contribution in [3.05, 3.63) is 81.0 Å². The summed E-state index contributed by atoms with van der Waals surface area (Å²) in [5, 5.41) is 3.65. The van der Waals surface area contributed by atoms with Crippen LogP contribution in [0.25, 0.3) is 0 Å². The fourth-order valence-electron chi connectivity index (χ4n) is 4.31. The molecule has 41 heavy (non-hydrogen) atoms. The quantitative estimate of drug-likeness (QED) is 0.171. The molecule has 3 N–H and O–H groups in total. The van der Waals surface area contributed by atoms with Crippen LogP contribution in [0.3, 0.4) is 0 Å². The van der Waals surface area contributed by atoms with Crippen LogP contribution >= 0.6 is 20.4 Å². The summed E-state index contributed by atoms with van der Waals surface area (Å²) in [6, 6.07) is 6.91. The Labute approximate surface area is 233 Å². The second-order valence-corrected chi connectivity index (χ2v) is 11.1. The minimum absolute atomic E-state index is 0.00162. The number of H-pyrrole nitrogens is 1. The van der Waals surface area contributed by atoms with Gasteiger partial charge < -0.3 is 19.3 Å². The van der Waals surface area contributed by atoms with Crippen molar-refractivity contribution < 1.29 is 50.2 Å². The molecule has 0 amide bonds. The number of morpholine rings is 1. The lowest BCUT2D eigenvalue weighted by Gasteiger charge is -2.41. The van der Waals surface area contributed by atoms with Crippen LogP contribution in [0, 0.1) is 0 Å². The topological polar surface area (TPSA) is 130 Å². The van der Waals surface area contributed by atoms with Gasteiger partial charge in [0.1, 0.15) is 5.82 Å². The van der Waals surface area contributed by atoms with Crippen molar-refractivity contribution in [2.24, 2.45) is 0 Å². The van der Waals surface area contributed by atoms with Crippen molar-refractivity contribution in [2.75, 3.05) is 13.2 Å². The highest BCUT2D eigenvalue weighted by molar-refractivity contribution is 7.80. The van der Waals surface area contributed by atoms with Gasteiger partial charge in [-0.05, 0) is 48.4 Å².